The van der Waals surface area contributed by atoms with Crippen LogP contribution in [-0.2, 0) is 0 Å². The topological polar surface area (TPSA) is 38.0 Å². The van der Waals surface area contributed by atoms with E-state index in [4.69, 9.17) is 5.73 Å². The molecule has 13 heavy (non-hydrogen) atoms. The Morgan fingerprint density at radius 1 is 1.08 bits per heavy atom. The Morgan fingerprint density at radius 2 is 1.85 bits per heavy atom. The van der Waals surface area contributed by atoms with Crippen molar-refractivity contribution in [2.75, 3.05) is 6.54 Å². The Morgan fingerprint density at radius 3 is 2.46 bits per heavy atom. The van der Waals surface area contributed by atoms with E-state index in [9.17, 15) is 0 Å². The minimum atomic E-state index is 0.519. The molecule has 0 aliphatic heterocycles. The van der Waals surface area contributed by atoms with Gasteiger partial charge in [0.15, 0.2) is 0 Å². The summed E-state index contributed by atoms with van der Waals surface area (Å²) in [5, 5.41) is 3.63. The van der Waals surface area contributed by atoms with Crippen LogP contribution in [0.4, 0.5) is 0 Å². The molecular weight excluding hydrogens is 160 g/mol. The van der Waals surface area contributed by atoms with Crippen molar-refractivity contribution in [3.05, 3.63) is 0 Å². The number of nitrogens with two attached hydrogens (primary N) is 1. The van der Waals surface area contributed by atoms with Crippen LogP contribution in [0.5, 0.6) is 0 Å². The zero-order valence-electron chi connectivity index (χ0n) is 8.21. The molecule has 4 atom stereocenters. The van der Waals surface area contributed by atoms with Gasteiger partial charge in [0.1, 0.15) is 0 Å². The Labute approximate surface area is 80.3 Å². The smallest absolute Gasteiger partial charge is 0.0110 e. The highest BCUT2D eigenvalue weighted by atomic mass is 15.0. The van der Waals surface area contributed by atoms with Gasteiger partial charge in [-0.15, -0.1) is 0 Å². The van der Waals surface area contributed by atoms with Crippen molar-refractivity contribution < 1.29 is 0 Å². The second-order valence-corrected chi connectivity index (χ2v) is 5.26. The van der Waals surface area contributed by atoms with Crippen molar-refractivity contribution in [2.45, 2.75) is 44.2 Å². The second kappa shape index (κ2) is 2.96. The fourth-order valence-corrected chi connectivity index (χ4v) is 3.35. The van der Waals surface area contributed by atoms with E-state index < -0.39 is 0 Å². The van der Waals surface area contributed by atoms with Crippen molar-refractivity contribution in [1.29, 1.82) is 0 Å². The highest BCUT2D eigenvalue weighted by molar-refractivity contribution is 5.00. The molecule has 0 spiro atoms. The monoisotopic (exact) mass is 180 g/mol. The van der Waals surface area contributed by atoms with Crippen LogP contribution in [0.25, 0.3) is 0 Å². The maximum atomic E-state index is 6.23. The van der Waals surface area contributed by atoms with Gasteiger partial charge in [-0.1, -0.05) is 0 Å². The van der Waals surface area contributed by atoms with Crippen LogP contribution >= 0.6 is 0 Å². The molecule has 0 radical (unpaired) electrons. The largest absolute Gasteiger partial charge is 0.327 e. The lowest BCUT2D eigenvalue weighted by molar-refractivity contribution is 0.278. The minimum Gasteiger partial charge on any atom is -0.327 e. The Bertz CT molecular complexity index is 198. The first kappa shape index (κ1) is 8.25. The van der Waals surface area contributed by atoms with E-state index >= 15 is 0 Å². The Hall–Kier alpha value is -0.0800. The number of hydrogen-bond donors (Lipinski definition) is 2. The maximum Gasteiger partial charge on any atom is 0.0110 e. The van der Waals surface area contributed by atoms with Gasteiger partial charge in [-0.3, -0.25) is 0 Å². The molecule has 0 aromatic carbocycles. The summed E-state index contributed by atoms with van der Waals surface area (Å²) in [5.74, 6) is 2.64. The quantitative estimate of drug-likeness (QED) is 0.683. The fraction of sp³-hybridized carbons (Fsp3) is 1.00. The van der Waals surface area contributed by atoms with E-state index in [1.54, 1.807) is 0 Å². The summed E-state index contributed by atoms with van der Waals surface area (Å²) < 4.78 is 0. The van der Waals surface area contributed by atoms with Gasteiger partial charge >= 0.3 is 0 Å². The molecule has 0 aromatic rings. The van der Waals surface area contributed by atoms with Crippen LogP contribution in [0.1, 0.15) is 32.1 Å². The zero-order chi connectivity index (χ0) is 8.84. The summed E-state index contributed by atoms with van der Waals surface area (Å²) in [4.78, 5) is 0. The lowest BCUT2D eigenvalue weighted by Crippen LogP contribution is -2.41. The molecule has 3 aliphatic rings. The van der Waals surface area contributed by atoms with E-state index in [2.05, 4.69) is 5.32 Å². The lowest BCUT2D eigenvalue weighted by atomic mass is 9.85. The highest BCUT2D eigenvalue weighted by Gasteiger charge is 2.45. The third-order valence-electron chi connectivity index (χ3n) is 4.38. The van der Waals surface area contributed by atoms with Crippen molar-refractivity contribution >= 4 is 0 Å². The molecule has 3 rings (SSSR count). The molecule has 3 N–H and O–H groups in total. The first-order valence-corrected chi connectivity index (χ1v) is 5.83. The number of nitrogens with one attached hydrogen (secondary N) is 1. The normalized spacial score (nSPS) is 48.7. The number of rotatable bonds is 3. The van der Waals surface area contributed by atoms with E-state index in [-0.39, 0.29) is 0 Å². The van der Waals surface area contributed by atoms with Crippen LogP contribution in [0.2, 0.25) is 0 Å². The van der Waals surface area contributed by atoms with Gasteiger partial charge in [0.05, 0.1) is 0 Å². The molecule has 0 saturated heterocycles. The van der Waals surface area contributed by atoms with Crippen molar-refractivity contribution in [3.63, 3.8) is 0 Å². The zero-order valence-corrected chi connectivity index (χ0v) is 8.21. The first-order chi connectivity index (χ1) is 6.34. The molecule has 2 nitrogen and oxygen atoms in total. The molecule has 3 aliphatic carbocycles. The van der Waals surface area contributed by atoms with Gasteiger partial charge < -0.3 is 11.1 Å². The predicted octanol–water partition coefficient (Wildman–Crippen LogP) is 1.11. The molecule has 2 bridgehead atoms. The van der Waals surface area contributed by atoms with Crippen LogP contribution in [-0.4, -0.2) is 18.6 Å². The molecule has 4 unspecified atom stereocenters. The summed E-state index contributed by atoms with van der Waals surface area (Å²) >= 11 is 0. The summed E-state index contributed by atoms with van der Waals surface area (Å²) in [5.41, 5.74) is 6.23. The molecule has 3 saturated carbocycles. The maximum absolute atomic E-state index is 6.23. The van der Waals surface area contributed by atoms with Crippen molar-refractivity contribution in [1.82, 2.24) is 5.32 Å². The SMILES string of the molecule is NC1C2CCC(C2)C1CNC1CC1. The van der Waals surface area contributed by atoms with Gasteiger partial charge in [0, 0.05) is 12.1 Å². The van der Waals surface area contributed by atoms with Gasteiger partial charge in [0.25, 0.3) is 0 Å². The molecule has 2 heteroatoms. The second-order valence-electron chi connectivity index (χ2n) is 5.26. The summed E-state index contributed by atoms with van der Waals surface area (Å²) in [6, 6.07) is 1.37. The molecule has 0 heterocycles. The molecule has 3 fully saturated rings. The average Bonchev–Trinajstić information content (AvgIpc) is 2.75. The van der Waals surface area contributed by atoms with Gasteiger partial charge in [-0.05, 0) is 56.4 Å². The standard InChI is InChI=1S/C11H20N2/c12-11-8-2-1-7(5-8)10(11)6-13-9-3-4-9/h7-11,13H,1-6,12H2. The van der Waals surface area contributed by atoms with Crippen molar-refractivity contribution in [2.24, 2.45) is 23.5 Å². The molecule has 0 aromatic heterocycles. The van der Waals surface area contributed by atoms with Gasteiger partial charge in [-0.2, -0.15) is 0 Å². The van der Waals surface area contributed by atoms with Gasteiger partial charge in [0.2, 0.25) is 0 Å². The summed E-state index contributed by atoms with van der Waals surface area (Å²) in [6.07, 6.45) is 7.09. The van der Waals surface area contributed by atoms with Crippen LogP contribution in [0.3, 0.4) is 0 Å². The summed E-state index contributed by atoms with van der Waals surface area (Å²) in [6.45, 7) is 1.20. The highest BCUT2D eigenvalue weighted by Crippen LogP contribution is 2.47. The third kappa shape index (κ3) is 1.40. The summed E-state index contributed by atoms with van der Waals surface area (Å²) in [7, 11) is 0. The first-order valence-electron chi connectivity index (χ1n) is 5.83. The van der Waals surface area contributed by atoms with E-state index in [0.717, 1.165) is 23.8 Å². The molecule has 0 amide bonds. The van der Waals surface area contributed by atoms with Gasteiger partial charge in [-0.25, -0.2) is 0 Å². The Kier molecular flexibility index (Phi) is 1.88. The van der Waals surface area contributed by atoms with E-state index in [1.807, 2.05) is 0 Å². The van der Waals surface area contributed by atoms with Crippen LogP contribution in [0.15, 0.2) is 0 Å². The fourth-order valence-electron chi connectivity index (χ4n) is 3.35. The minimum absolute atomic E-state index is 0.519. The van der Waals surface area contributed by atoms with E-state index in [0.29, 0.717) is 6.04 Å². The molecule has 74 valence electrons. The third-order valence-corrected chi connectivity index (χ3v) is 4.38. The Balaban J connectivity index is 1.57. The molecular formula is C11H20N2. The van der Waals surface area contributed by atoms with Crippen molar-refractivity contribution in [3.8, 4) is 0 Å². The van der Waals surface area contributed by atoms with Crippen LogP contribution < -0.4 is 11.1 Å². The lowest BCUT2D eigenvalue weighted by Gasteiger charge is -2.28. The number of hydrogen-bond acceptors (Lipinski definition) is 2. The predicted molar refractivity (Wildman–Crippen MR) is 53.3 cm³/mol. The average molecular weight is 180 g/mol. The number of fused-ring (bicyclic) bond motifs is 2. The van der Waals surface area contributed by atoms with Crippen LogP contribution in [0, 0.1) is 17.8 Å². The van der Waals surface area contributed by atoms with E-state index in [1.165, 1.54) is 38.6 Å².